The molecular formula is C20H29N3O4. The number of amides is 3. The summed E-state index contributed by atoms with van der Waals surface area (Å²) >= 11 is 0. The number of primary amides is 1. The van der Waals surface area contributed by atoms with Gasteiger partial charge >= 0.3 is 6.03 Å². The first-order chi connectivity index (χ1) is 12.9. The summed E-state index contributed by atoms with van der Waals surface area (Å²) in [6, 6.07) is 5.58. The zero-order valence-corrected chi connectivity index (χ0v) is 16.1. The van der Waals surface area contributed by atoms with Gasteiger partial charge in [0.25, 0.3) is 0 Å². The molecule has 0 radical (unpaired) electrons. The predicted molar refractivity (Wildman–Crippen MR) is 101 cm³/mol. The van der Waals surface area contributed by atoms with E-state index in [9.17, 15) is 9.59 Å². The van der Waals surface area contributed by atoms with E-state index in [4.69, 9.17) is 15.2 Å². The largest absolute Gasteiger partial charge is 0.454 e. The number of nitrogens with two attached hydrogens (primary N) is 1. The number of benzene rings is 1. The van der Waals surface area contributed by atoms with Crippen LogP contribution in [0.2, 0.25) is 0 Å². The van der Waals surface area contributed by atoms with E-state index in [1.54, 1.807) is 0 Å². The number of nitrogens with zero attached hydrogens (tertiary/aromatic N) is 1. The van der Waals surface area contributed by atoms with Crippen LogP contribution in [-0.2, 0) is 11.3 Å². The summed E-state index contributed by atoms with van der Waals surface area (Å²) < 4.78 is 10.9. The number of carbonyl (C=O) groups excluding carboxylic acids is 2. The average Bonchev–Trinajstić information content (AvgIpc) is 3.08. The van der Waals surface area contributed by atoms with E-state index in [0.29, 0.717) is 24.4 Å². The Morgan fingerprint density at radius 3 is 2.78 bits per heavy atom. The lowest BCUT2D eigenvalue weighted by Gasteiger charge is -2.41. The second kappa shape index (κ2) is 8.61. The van der Waals surface area contributed by atoms with Crippen molar-refractivity contribution >= 4 is 11.9 Å². The van der Waals surface area contributed by atoms with Crippen molar-refractivity contribution in [1.29, 1.82) is 0 Å². The molecule has 7 nitrogen and oxygen atoms in total. The van der Waals surface area contributed by atoms with Crippen LogP contribution in [-0.4, -0.2) is 36.2 Å². The maximum absolute atomic E-state index is 11.9. The van der Waals surface area contributed by atoms with Gasteiger partial charge < -0.3 is 15.2 Å². The molecule has 1 aliphatic carbocycles. The fourth-order valence-corrected chi connectivity index (χ4v) is 4.15. The molecule has 3 atom stereocenters. The van der Waals surface area contributed by atoms with Gasteiger partial charge in [0.05, 0.1) is 0 Å². The zero-order chi connectivity index (χ0) is 19.4. The van der Waals surface area contributed by atoms with Crippen molar-refractivity contribution in [3.05, 3.63) is 23.8 Å². The van der Waals surface area contributed by atoms with E-state index in [0.717, 1.165) is 30.0 Å². The second-order valence-electron chi connectivity index (χ2n) is 7.66. The number of rotatable bonds is 6. The molecule has 0 aromatic heterocycles. The van der Waals surface area contributed by atoms with Crippen molar-refractivity contribution in [2.24, 2.45) is 17.6 Å². The fourth-order valence-electron chi connectivity index (χ4n) is 4.15. The van der Waals surface area contributed by atoms with Gasteiger partial charge in [0.15, 0.2) is 11.5 Å². The number of carbonyl (C=O) groups is 2. The van der Waals surface area contributed by atoms with Gasteiger partial charge in [-0.15, -0.1) is 0 Å². The minimum Gasteiger partial charge on any atom is -0.454 e. The summed E-state index contributed by atoms with van der Waals surface area (Å²) in [5, 5.41) is 2.16. The molecule has 27 heavy (non-hydrogen) atoms. The molecule has 3 amide bonds. The number of hydrogen-bond donors (Lipinski definition) is 2. The molecular weight excluding hydrogens is 346 g/mol. The third kappa shape index (κ3) is 4.91. The van der Waals surface area contributed by atoms with E-state index in [-0.39, 0.29) is 19.1 Å². The second-order valence-corrected chi connectivity index (χ2v) is 7.66. The van der Waals surface area contributed by atoms with Crippen molar-refractivity contribution < 1.29 is 19.1 Å². The first-order valence-electron chi connectivity index (χ1n) is 9.66. The highest BCUT2D eigenvalue weighted by Gasteiger charge is 2.32. The smallest absolute Gasteiger partial charge is 0.318 e. The minimum atomic E-state index is -0.804. The van der Waals surface area contributed by atoms with Crippen LogP contribution in [0.5, 0.6) is 11.5 Å². The van der Waals surface area contributed by atoms with Crippen LogP contribution >= 0.6 is 0 Å². The van der Waals surface area contributed by atoms with E-state index in [1.165, 1.54) is 12.8 Å². The van der Waals surface area contributed by atoms with Crippen LogP contribution in [0, 0.1) is 11.8 Å². The van der Waals surface area contributed by atoms with Gasteiger partial charge in [0.2, 0.25) is 12.7 Å². The summed E-state index contributed by atoms with van der Waals surface area (Å²) in [6.45, 7) is 6.16. The van der Waals surface area contributed by atoms with Crippen molar-refractivity contribution in [3.63, 3.8) is 0 Å². The highest BCUT2D eigenvalue weighted by Crippen LogP contribution is 2.36. The van der Waals surface area contributed by atoms with Crippen LogP contribution in [0.15, 0.2) is 18.2 Å². The van der Waals surface area contributed by atoms with Crippen molar-refractivity contribution in [3.8, 4) is 11.5 Å². The van der Waals surface area contributed by atoms with Crippen molar-refractivity contribution in [2.45, 2.75) is 52.1 Å². The van der Waals surface area contributed by atoms with Gasteiger partial charge in [-0.1, -0.05) is 32.8 Å². The van der Waals surface area contributed by atoms with Gasteiger partial charge in [0, 0.05) is 25.6 Å². The zero-order valence-electron chi connectivity index (χ0n) is 16.1. The Balaban J connectivity index is 1.72. The Labute approximate surface area is 160 Å². The van der Waals surface area contributed by atoms with Crippen LogP contribution in [0.3, 0.4) is 0 Å². The van der Waals surface area contributed by atoms with Gasteiger partial charge in [-0.25, -0.2) is 4.79 Å². The number of hydrogen-bond acceptors (Lipinski definition) is 5. The molecule has 1 saturated carbocycles. The lowest BCUT2D eigenvalue weighted by atomic mass is 9.77. The third-order valence-electron chi connectivity index (χ3n) is 5.84. The number of imide groups is 1. The lowest BCUT2D eigenvalue weighted by molar-refractivity contribution is -0.120. The fraction of sp³-hybridized carbons (Fsp3) is 0.600. The molecule has 0 bridgehead atoms. The van der Waals surface area contributed by atoms with Crippen LogP contribution in [0.25, 0.3) is 0 Å². The third-order valence-corrected chi connectivity index (χ3v) is 5.84. The highest BCUT2D eigenvalue weighted by molar-refractivity contribution is 5.93. The molecule has 1 aromatic carbocycles. The molecule has 3 rings (SSSR count). The molecule has 1 fully saturated rings. The standard InChI is InChI=1S/C20H29N3O4/c1-13-4-3-5-16(14(13)2)23(9-8-19(24)22-20(21)25)11-15-6-7-17-18(10-15)27-12-26-17/h6-7,10,13-14,16H,3-5,8-9,11-12H2,1-2H3,(H3,21,22,24,25). The normalized spacial score (nSPS) is 24.0. The Morgan fingerprint density at radius 2 is 2.00 bits per heavy atom. The van der Waals surface area contributed by atoms with Crippen LogP contribution < -0.4 is 20.5 Å². The Hall–Kier alpha value is -2.28. The Kier molecular flexibility index (Phi) is 6.21. The van der Waals surface area contributed by atoms with E-state index in [2.05, 4.69) is 24.1 Å². The average molecular weight is 375 g/mol. The van der Waals surface area contributed by atoms with Crippen LogP contribution in [0.4, 0.5) is 4.79 Å². The van der Waals surface area contributed by atoms with Gasteiger partial charge in [0.1, 0.15) is 0 Å². The molecule has 1 aliphatic heterocycles. The first-order valence-corrected chi connectivity index (χ1v) is 9.66. The van der Waals surface area contributed by atoms with E-state index < -0.39 is 6.03 Å². The molecule has 1 heterocycles. The van der Waals surface area contributed by atoms with E-state index in [1.807, 2.05) is 18.2 Å². The molecule has 3 N–H and O–H groups in total. The summed E-state index contributed by atoms with van der Waals surface area (Å²) in [4.78, 5) is 25.2. The van der Waals surface area contributed by atoms with Gasteiger partial charge in [-0.2, -0.15) is 0 Å². The molecule has 3 unspecified atom stereocenters. The summed E-state index contributed by atoms with van der Waals surface area (Å²) in [5.41, 5.74) is 6.17. The van der Waals surface area contributed by atoms with Gasteiger partial charge in [-0.05, 0) is 36.0 Å². The maximum atomic E-state index is 11.9. The maximum Gasteiger partial charge on any atom is 0.318 e. The molecule has 7 heteroatoms. The highest BCUT2D eigenvalue weighted by atomic mass is 16.7. The number of nitrogens with one attached hydrogen (secondary N) is 1. The number of ether oxygens (including phenoxy) is 2. The molecule has 0 saturated heterocycles. The predicted octanol–water partition coefficient (Wildman–Crippen LogP) is 2.63. The van der Waals surface area contributed by atoms with Crippen LogP contribution in [0.1, 0.15) is 45.1 Å². The SMILES string of the molecule is CC1CCCC(N(CCC(=O)NC(N)=O)Cc2ccc3c(c2)OCO3)C1C. The number of urea groups is 1. The molecule has 1 aromatic rings. The monoisotopic (exact) mass is 375 g/mol. The lowest BCUT2D eigenvalue weighted by Crippen LogP contribution is -2.45. The first kappa shape index (κ1) is 19.5. The van der Waals surface area contributed by atoms with Gasteiger partial charge in [-0.3, -0.25) is 15.0 Å². The quantitative estimate of drug-likeness (QED) is 0.797. The molecule has 148 valence electrons. The number of fused-ring (bicyclic) bond motifs is 1. The van der Waals surface area contributed by atoms with Crippen molar-refractivity contribution in [2.75, 3.05) is 13.3 Å². The Bertz CT molecular complexity index is 694. The summed E-state index contributed by atoms with van der Waals surface area (Å²) in [6.07, 6.45) is 3.80. The van der Waals surface area contributed by atoms with Crippen molar-refractivity contribution in [1.82, 2.24) is 10.2 Å². The topological polar surface area (TPSA) is 93.9 Å². The Morgan fingerprint density at radius 1 is 1.22 bits per heavy atom. The summed E-state index contributed by atoms with van der Waals surface area (Å²) in [7, 11) is 0. The molecule has 0 spiro atoms. The molecule has 2 aliphatic rings. The van der Waals surface area contributed by atoms with E-state index >= 15 is 0 Å². The minimum absolute atomic E-state index is 0.241. The summed E-state index contributed by atoms with van der Waals surface area (Å²) in [5.74, 6) is 2.40.